The summed E-state index contributed by atoms with van der Waals surface area (Å²) in [6, 6.07) is 6.18. The summed E-state index contributed by atoms with van der Waals surface area (Å²) in [7, 11) is 2.14. The number of nitrogens with zero attached hydrogens (tertiary/aromatic N) is 2. The standard InChI is InChI=1S/C17H24FN3O/c1-20-10-12-21(13-11-20)9-3-8-19-17(22)7-6-15-4-2-5-16(18)14-15/h2,4-7,14H,3,8-13H2,1H3,(H,19,22)/b7-6+. The average molecular weight is 305 g/mol. The van der Waals surface area contributed by atoms with Gasteiger partial charge in [0.15, 0.2) is 0 Å². The van der Waals surface area contributed by atoms with E-state index in [4.69, 9.17) is 0 Å². The monoisotopic (exact) mass is 305 g/mol. The lowest BCUT2D eigenvalue weighted by Crippen LogP contribution is -2.45. The molecular weight excluding hydrogens is 281 g/mol. The van der Waals surface area contributed by atoms with Crippen LogP contribution in [0.4, 0.5) is 4.39 Å². The van der Waals surface area contributed by atoms with E-state index in [1.54, 1.807) is 18.2 Å². The molecule has 1 aromatic rings. The molecule has 1 saturated heterocycles. The molecule has 0 spiro atoms. The molecule has 0 aliphatic carbocycles. The molecule has 0 radical (unpaired) electrons. The highest BCUT2D eigenvalue weighted by molar-refractivity contribution is 5.91. The van der Waals surface area contributed by atoms with Crippen molar-refractivity contribution in [1.29, 1.82) is 0 Å². The number of rotatable bonds is 6. The van der Waals surface area contributed by atoms with Crippen molar-refractivity contribution in [3.8, 4) is 0 Å². The summed E-state index contributed by atoms with van der Waals surface area (Å²) in [5, 5.41) is 2.86. The third-order valence-electron chi connectivity index (χ3n) is 3.82. The fraction of sp³-hybridized carbons (Fsp3) is 0.471. The Morgan fingerprint density at radius 3 is 2.82 bits per heavy atom. The molecule has 4 nitrogen and oxygen atoms in total. The molecule has 0 saturated carbocycles. The van der Waals surface area contributed by atoms with Crippen molar-refractivity contribution in [3.63, 3.8) is 0 Å². The number of hydrogen-bond acceptors (Lipinski definition) is 3. The molecule has 1 N–H and O–H groups in total. The van der Waals surface area contributed by atoms with Gasteiger partial charge in [-0.05, 0) is 43.8 Å². The van der Waals surface area contributed by atoms with Gasteiger partial charge in [-0.25, -0.2) is 4.39 Å². The first-order valence-corrected chi connectivity index (χ1v) is 7.76. The maximum absolute atomic E-state index is 13.0. The number of carbonyl (C=O) groups is 1. The molecule has 5 heteroatoms. The molecule has 22 heavy (non-hydrogen) atoms. The number of halogens is 1. The molecule has 1 fully saturated rings. The lowest BCUT2D eigenvalue weighted by Gasteiger charge is -2.32. The fourth-order valence-electron chi connectivity index (χ4n) is 2.43. The third kappa shape index (κ3) is 5.95. The van der Waals surface area contributed by atoms with E-state index in [2.05, 4.69) is 22.2 Å². The summed E-state index contributed by atoms with van der Waals surface area (Å²) in [4.78, 5) is 16.4. The number of hydrogen-bond donors (Lipinski definition) is 1. The van der Waals surface area contributed by atoms with Crippen LogP contribution >= 0.6 is 0 Å². The summed E-state index contributed by atoms with van der Waals surface area (Å²) in [5.74, 6) is -0.433. The highest BCUT2D eigenvalue weighted by atomic mass is 19.1. The zero-order chi connectivity index (χ0) is 15.8. The second kappa shape index (κ2) is 8.66. The van der Waals surface area contributed by atoms with Crippen LogP contribution in [-0.4, -0.2) is 62.0 Å². The van der Waals surface area contributed by atoms with E-state index >= 15 is 0 Å². The van der Waals surface area contributed by atoms with Crippen LogP contribution in [-0.2, 0) is 4.79 Å². The molecule has 0 atom stereocenters. The summed E-state index contributed by atoms with van der Waals surface area (Å²) in [6.07, 6.45) is 4.02. The molecule has 120 valence electrons. The van der Waals surface area contributed by atoms with Gasteiger partial charge >= 0.3 is 0 Å². The molecule has 1 heterocycles. The number of nitrogens with one attached hydrogen (secondary N) is 1. The maximum atomic E-state index is 13.0. The van der Waals surface area contributed by atoms with Crippen molar-refractivity contribution in [2.75, 3.05) is 46.3 Å². The van der Waals surface area contributed by atoms with Crippen LogP contribution in [0.5, 0.6) is 0 Å². The number of benzene rings is 1. The van der Waals surface area contributed by atoms with E-state index in [0.717, 1.165) is 39.1 Å². The quantitative estimate of drug-likeness (QED) is 0.640. The maximum Gasteiger partial charge on any atom is 0.243 e. The van der Waals surface area contributed by atoms with Gasteiger partial charge in [0.05, 0.1) is 0 Å². The van der Waals surface area contributed by atoms with Crippen LogP contribution in [0.3, 0.4) is 0 Å². The Morgan fingerprint density at radius 2 is 2.09 bits per heavy atom. The smallest absolute Gasteiger partial charge is 0.243 e. The van der Waals surface area contributed by atoms with Crippen molar-refractivity contribution in [2.45, 2.75) is 6.42 Å². The Hall–Kier alpha value is -1.72. The predicted molar refractivity (Wildman–Crippen MR) is 87.0 cm³/mol. The number of amides is 1. The zero-order valence-corrected chi connectivity index (χ0v) is 13.1. The van der Waals surface area contributed by atoms with Gasteiger partial charge in [0.2, 0.25) is 5.91 Å². The third-order valence-corrected chi connectivity index (χ3v) is 3.82. The second-order valence-electron chi connectivity index (χ2n) is 5.68. The predicted octanol–water partition coefficient (Wildman–Crippen LogP) is 1.59. The van der Waals surface area contributed by atoms with Crippen LogP contribution < -0.4 is 5.32 Å². The summed E-state index contributed by atoms with van der Waals surface area (Å²) in [5.41, 5.74) is 0.688. The second-order valence-corrected chi connectivity index (χ2v) is 5.68. The Morgan fingerprint density at radius 1 is 1.32 bits per heavy atom. The normalized spacial score (nSPS) is 17.0. The van der Waals surface area contributed by atoms with Gasteiger partial charge in [0.25, 0.3) is 0 Å². The van der Waals surface area contributed by atoms with Crippen LogP contribution in [0.2, 0.25) is 0 Å². The molecule has 1 aliphatic rings. The highest BCUT2D eigenvalue weighted by Gasteiger charge is 2.12. The minimum Gasteiger partial charge on any atom is -0.353 e. The fourth-order valence-corrected chi connectivity index (χ4v) is 2.43. The summed E-state index contributed by atoms with van der Waals surface area (Å²) < 4.78 is 13.0. The molecular formula is C17H24FN3O. The van der Waals surface area contributed by atoms with Crippen LogP contribution in [0, 0.1) is 5.82 Å². The van der Waals surface area contributed by atoms with Crippen LogP contribution in [0.15, 0.2) is 30.3 Å². The van der Waals surface area contributed by atoms with Crippen LogP contribution in [0.1, 0.15) is 12.0 Å². The van der Waals surface area contributed by atoms with Crippen molar-refractivity contribution in [2.24, 2.45) is 0 Å². The lowest BCUT2D eigenvalue weighted by molar-refractivity contribution is -0.116. The van der Waals surface area contributed by atoms with Gasteiger partial charge in [-0.2, -0.15) is 0 Å². The first-order valence-electron chi connectivity index (χ1n) is 7.76. The zero-order valence-electron chi connectivity index (χ0n) is 13.1. The van der Waals surface area contributed by atoms with E-state index in [1.165, 1.54) is 18.2 Å². The Bertz CT molecular complexity index is 510. The van der Waals surface area contributed by atoms with Gasteiger partial charge in [-0.3, -0.25) is 4.79 Å². The summed E-state index contributed by atoms with van der Waals surface area (Å²) in [6.45, 7) is 6.11. The highest BCUT2D eigenvalue weighted by Crippen LogP contribution is 2.05. The first kappa shape index (κ1) is 16.6. The largest absolute Gasteiger partial charge is 0.353 e. The Balaban J connectivity index is 1.61. The van der Waals surface area contributed by atoms with Gasteiger partial charge in [0, 0.05) is 38.8 Å². The molecule has 1 aromatic carbocycles. The molecule has 0 bridgehead atoms. The van der Waals surface area contributed by atoms with Gasteiger partial charge in [-0.15, -0.1) is 0 Å². The van der Waals surface area contributed by atoms with E-state index in [-0.39, 0.29) is 11.7 Å². The van der Waals surface area contributed by atoms with Gasteiger partial charge < -0.3 is 15.1 Å². The van der Waals surface area contributed by atoms with E-state index in [9.17, 15) is 9.18 Å². The molecule has 0 aromatic heterocycles. The van der Waals surface area contributed by atoms with E-state index < -0.39 is 0 Å². The average Bonchev–Trinajstić information content (AvgIpc) is 2.51. The topological polar surface area (TPSA) is 35.6 Å². The molecule has 1 aliphatic heterocycles. The van der Waals surface area contributed by atoms with Crippen molar-refractivity contribution in [3.05, 3.63) is 41.7 Å². The Kier molecular flexibility index (Phi) is 6.55. The lowest BCUT2D eigenvalue weighted by atomic mass is 10.2. The molecule has 2 rings (SSSR count). The van der Waals surface area contributed by atoms with Crippen molar-refractivity contribution in [1.82, 2.24) is 15.1 Å². The van der Waals surface area contributed by atoms with Crippen molar-refractivity contribution >= 4 is 12.0 Å². The van der Waals surface area contributed by atoms with Crippen LogP contribution in [0.25, 0.3) is 6.08 Å². The number of piperazine rings is 1. The minimum atomic E-state index is -0.297. The van der Waals surface area contributed by atoms with E-state index in [0.29, 0.717) is 12.1 Å². The summed E-state index contributed by atoms with van der Waals surface area (Å²) >= 11 is 0. The minimum absolute atomic E-state index is 0.136. The first-order chi connectivity index (χ1) is 10.6. The Labute approximate surface area is 131 Å². The number of carbonyl (C=O) groups excluding carboxylic acids is 1. The van der Waals surface area contributed by atoms with Gasteiger partial charge in [0.1, 0.15) is 5.82 Å². The molecule has 0 unspecified atom stereocenters. The van der Waals surface area contributed by atoms with E-state index in [1.807, 2.05) is 0 Å². The number of likely N-dealkylation sites (N-methyl/N-ethyl adjacent to an activating group) is 1. The SMILES string of the molecule is CN1CCN(CCCNC(=O)/C=C/c2cccc(F)c2)CC1. The molecule has 1 amide bonds. The van der Waals surface area contributed by atoms with Crippen molar-refractivity contribution < 1.29 is 9.18 Å². The van der Waals surface area contributed by atoms with Gasteiger partial charge in [-0.1, -0.05) is 12.1 Å².